The molecule has 0 bridgehead atoms. The number of aromatic nitrogens is 3. The summed E-state index contributed by atoms with van der Waals surface area (Å²) in [7, 11) is 0. The monoisotopic (exact) mass is 408 g/mol. The van der Waals surface area contributed by atoms with Crippen molar-refractivity contribution in [2.24, 2.45) is 0 Å². The van der Waals surface area contributed by atoms with Crippen LogP contribution in [0.2, 0.25) is 0 Å². The van der Waals surface area contributed by atoms with Crippen LogP contribution in [0.25, 0.3) is 5.65 Å². The number of benzene rings is 1. The second kappa shape index (κ2) is 7.63. The number of hydrogen-bond donors (Lipinski definition) is 1. The summed E-state index contributed by atoms with van der Waals surface area (Å²) >= 11 is 0.980. The number of ketones is 1. The van der Waals surface area contributed by atoms with Gasteiger partial charge in [-0.15, -0.1) is 10.2 Å². The molecule has 2 aromatic heterocycles. The van der Waals surface area contributed by atoms with E-state index in [9.17, 15) is 22.8 Å². The zero-order valence-corrected chi connectivity index (χ0v) is 15.6. The van der Waals surface area contributed by atoms with Crippen LogP contribution in [0, 0.1) is 0 Å². The summed E-state index contributed by atoms with van der Waals surface area (Å²) in [6.07, 6.45) is -3.59. The summed E-state index contributed by atoms with van der Waals surface area (Å²) in [6, 6.07) is 8.63. The van der Waals surface area contributed by atoms with E-state index in [-0.39, 0.29) is 22.5 Å². The van der Waals surface area contributed by atoms with Gasteiger partial charge in [-0.25, -0.2) is 0 Å². The molecule has 0 saturated heterocycles. The molecule has 3 aromatic rings. The standard InChI is InChI=1S/C18H15F3N4O2S/c1-10(26)12-4-3-5-14(8-12)22-16(27)11(2)28-17-24-23-15-7-6-13(9-25(15)17)18(19,20)21/h3-9,11H,1-2H3,(H,22,27). The van der Waals surface area contributed by atoms with E-state index in [1.54, 1.807) is 31.2 Å². The van der Waals surface area contributed by atoms with E-state index in [1.165, 1.54) is 17.4 Å². The molecule has 1 amide bonds. The fourth-order valence-corrected chi connectivity index (χ4v) is 3.22. The third kappa shape index (κ3) is 4.33. The van der Waals surface area contributed by atoms with Gasteiger partial charge in [-0.2, -0.15) is 13.2 Å². The van der Waals surface area contributed by atoms with Crippen LogP contribution in [0.4, 0.5) is 18.9 Å². The smallest absolute Gasteiger partial charge is 0.325 e. The van der Waals surface area contributed by atoms with Gasteiger partial charge in [-0.1, -0.05) is 23.9 Å². The van der Waals surface area contributed by atoms with Gasteiger partial charge in [0.25, 0.3) is 0 Å². The van der Waals surface area contributed by atoms with Crippen molar-refractivity contribution in [1.82, 2.24) is 14.6 Å². The van der Waals surface area contributed by atoms with Gasteiger partial charge >= 0.3 is 6.18 Å². The number of thioether (sulfide) groups is 1. The van der Waals surface area contributed by atoms with Gasteiger partial charge in [0.1, 0.15) is 0 Å². The molecule has 2 heterocycles. The van der Waals surface area contributed by atoms with Crippen LogP contribution in [-0.4, -0.2) is 31.5 Å². The summed E-state index contributed by atoms with van der Waals surface area (Å²) in [4.78, 5) is 23.9. The molecule has 0 spiro atoms. The summed E-state index contributed by atoms with van der Waals surface area (Å²) in [5, 5.41) is 9.88. The van der Waals surface area contributed by atoms with Crippen molar-refractivity contribution in [3.05, 3.63) is 53.7 Å². The predicted molar refractivity (Wildman–Crippen MR) is 98.4 cm³/mol. The lowest BCUT2D eigenvalue weighted by atomic mass is 10.1. The minimum Gasteiger partial charge on any atom is -0.325 e. The summed E-state index contributed by atoms with van der Waals surface area (Å²) in [5.41, 5.74) is 0.328. The molecule has 1 atom stereocenters. The molecule has 6 nitrogen and oxygen atoms in total. The summed E-state index contributed by atoms with van der Waals surface area (Å²) < 4.78 is 40.0. The maximum Gasteiger partial charge on any atom is 0.417 e. The first kappa shape index (κ1) is 19.9. The van der Waals surface area contributed by atoms with Gasteiger partial charge in [0.15, 0.2) is 16.6 Å². The Balaban J connectivity index is 1.77. The number of carbonyl (C=O) groups is 2. The molecule has 10 heteroatoms. The van der Waals surface area contributed by atoms with Crippen LogP contribution >= 0.6 is 11.8 Å². The topological polar surface area (TPSA) is 76.4 Å². The number of amides is 1. The van der Waals surface area contributed by atoms with Crippen LogP contribution in [0.3, 0.4) is 0 Å². The van der Waals surface area contributed by atoms with Crippen LogP contribution in [0.15, 0.2) is 47.8 Å². The van der Waals surface area contributed by atoms with Crippen molar-refractivity contribution in [3.8, 4) is 0 Å². The number of halogens is 3. The average Bonchev–Trinajstić information content (AvgIpc) is 3.03. The normalized spacial score (nSPS) is 12.8. The van der Waals surface area contributed by atoms with E-state index in [0.29, 0.717) is 11.3 Å². The van der Waals surface area contributed by atoms with E-state index >= 15 is 0 Å². The van der Waals surface area contributed by atoms with Crippen molar-refractivity contribution < 1.29 is 22.8 Å². The SMILES string of the molecule is CC(=O)c1cccc(NC(=O)C(C)Sc2nnc3ccc(C(F)(F)F)cn23)c1. The molecule has 0 aliphatic heterocycles. The van der Waals surface area contributed by atoms with Gasteiger partial charge in [0, 0.05) is 17.4 Å². The minimum atomic E-state index is -4.49. The average molecular weight is 408 g/mol. The number of alkyl halides is 3. The number of hydrogen-bond acceptors (Lipinski definition) is 5. The third-order valence-corrected chi connectivity index (χ3v) is 4.94. The molecule has 0 aliphatic carbocycles. The van der Waals surface area contributed by atoms with Crippen LogP contribution in [0.1, 0.15) is 29.8 Å². The van der Waals surface area contributed by atoms with Gasteiger partial charge in [0.2, 0.25) is 5.91 Å². The highest BCUT2D eigenvalue weighted by atomic mass is 32.2. The number of nitrogens with one attached hydrogen (secondary N) is 1. The Hall–Kier alpha value is -2.88. The number of Topliss-reactive ketones (excluding diaryl/α,β-unsaturated/α-hetero) is 1. The molecule has 0 aliphatic rings. The van der Waals surface area contributed by atoms with Crippen LogP contribution in [-0.2, 0) is 11.0 Å². The Bertz CT molecular complexity index is 1050. The lowest BCUT2D eigenvalue weighted by molar-refractivity contribution is -0.137. The highest BCUT2D eigenvalue weighted by Gasteiger charge is 2.31. The zero-order chi connectivity index (χ0) is 20.5. The molecule has 0 saturated carbocycles. The second-order valence-electron chi connectivity index (χ2n) is 6.01. The summed E-state index contributed by atoms with van der Waals surface area (Å²) in [5.74, 6) is -0.511. The van der Waals surface area contributed by atoms with Crippen molar-refractivity contribution >= 4 is 34.8 Å². The Labute approximate surface area is 162 Å². The molecule has 28 heavy (non-hydrogen) atoms. The molecule has 3 rings (SSSR count). The molecule has 0 fully saturated rings. The first-order valence-electron chi connectivity index (χ1n) is 8.15. The largest absolute Gasteiger partial charge is 0.417 e. The molecule has 1 aromatic carbocycles. The Morgan fingerprint density at radius 2 is 1.93 bits per heavy atom. The van der Waals surface area contributed by atoms with E-state index in [0.717, 1.165) is 24.0 Å². The number of carbonyl (C=O) groups excluding carboxylic acids is 2. The molecule has 1 N–H and O–H groups in total. The predicted octanol–water partition coefficient (Wildman–Crippen LogP) is 4.07. The number of fused-ring (bicyclic) bond motifs is 1. The maximum atomic E-state index is 12.9. The fourth-order valence-electron chi connectivity index (χ4n) is 2.39. The Morgan fingerprint density at radius 3 is 2.61 bits per heavy atom. The van der Waals surface area contributed by atoms with E-state index < -0.39 is 17.0 Å². The van der Waals surface area contributed by atoms with Gasteiger partial charge in [-0.05, 0) is 38.1 Å². The molecule has 0 radical (unpaired) electrons. The number of nitrogens with zero attached hydrogens (tertiary/aromatic N) is 3. The second-order valence-corrected chi connectivity index (χ2v) is 7.32. The summed E-state index contributed by atoms with van der Waals surface area (Å²) in [6.45, 7) is 3.02. The number of pyridine rings is 1. The first-order chi connectivity index (χ1) is 13.1. The molecular weight excluding hydrogens is 393 g/mol. The van der Waals surface area contributed by atoms with Crippen molar-refractivity contribution in [2.75, 3.05) is 5.32 Å². The lowest BCUT2D eigenvalue weighted by Crippen LogP contribution is -2.22. The van der Waals surface area contributed by atoms with Gasteiger partial charge < -0.3 is 5.32 Å². The van der Waals surface area contributed by atoms with E-state index in [2.05, 4.69) is 15.5 Å². The molecule has 146 valence electrons. The minimum absolute atomic E-state index is 0.131. The highest BCUT2D eigenvalue weighted by Crippen LogP contribution is 2.31. The third-order valence-electron chi connectivity index (χ3n) is 3.89. The van der Waals surface area contributed by atoms with E-state index in [4.69, 9.17) is 0 Å². The van der Waals surface area contributed by atoms with E-state index in [1.807, 2.05) is 0 Å². The number of rotatable bonds is 5. The molecular formula is C18H15F3N4O2S. The lowest BCUT2D eigenvalue weighted by Gasteiger charge is -2.12. The Morgan fingerprint density at radius 1 is 1.18 bits per heavy atom. The maximum absolute atomic E-state index is 12.9. The molecule has 1 unspecified atom stereocenters. The van der Waals surface area contributed by atoms with Crippen molar-refractivity contribution in [1.29, 1.82) is 0 Å². The fraction of sp³-hybridized carbons (Fsp3) is 0.222. The zero-order valence-electron chi connectivity index (χ0n) is 14.8. The van der Waals surface area contributed by atoms with Crippen molar-refractivity contribution in [2.45, 2.75) is 30.4 Å². The first-order valence-corrected chi connectivity index (χ1v) is 9.03. The Kier molecular flexibility index (Phi) is 5.41. The number of anilines is 1. The van der Waals surface area contributed by atoms with Crippen molar-refractivity contribution in [3.63, 3.8) is 0 Å². The van der Waals surface area contributed by atoms with Gasteiger partial charge in [0.05, 0.1) is 10.8 Å². The highest BCUT2D eigenvalue weighted by molar-refractivity contribution is 8.00. The van der Waals surface area contributed by atoms with Gasteiger partial charge in [-0.3, -0.25) is 14.0 Å². The van der Waals surface area contributed by atoms with Crippen LogP contribution < -0.4 is 5.32 Å². The quantitative estimate of drug-likeness (QED) is 0.509. The van der Waals surface area contributed by atoms with Crippen LogP contribution in [0.5, 0.6) is 0 Å².